The molecule has 140 valence electrons. The second-order valence-electron chi connectivity index (χ2n) is 6.81. The highest BCUT2D eigenvalue weighted by molar-refractivity contribution is 9.10. The molecule has 1 N–H and O–H groups in total. The van der Waals surface area contributed by atoms with Crippen LogP contribution < -0.4 is 4.90 Å². The van der Waals surface area contributed by atoms with Crippen LogP contribution in [0, 0.1) is 0 Å². The summed E-state index contributed by atoms with van der Waals surface area (Å²) in [5.74, 6) is 1.28. The Balaban J connectivity index is 2.04. The Morgan fingerprint density at radius 2 is 2.12 bits per heavy atom. The average Bonchev–Trinajstić information content (AvgIpc) is 2.96. The molecule has 0 radical (unpaired) electrons. The number of carbonyl (C=O) groups is 1. The summed E-state index contributed by atoms with van der Waals surface area (Å²) in [4.78, 5) is 20.2. The molecule has 3 rings (SSSR count). The number of aromatic nitrogens is 2. The Morgan fingerprint density at radius 1 is 1.35 bits per heavy atom. The lowest BCUT2D eigenvalue weighted by molar-refractivity contribution is 0.150. The van der Waals surface area contributed by atoms with Crippen molar-refractivity contribution >= 4 is 27.8 Å². The van der Waals surface area contributed by atoms with Gasteiger partial charge in [-0.25, -0.2) is 9.78 Å². The fraction of sp³-hybridized carbons (Fsp3) is 0.474. The highest BCUT2D eigenvalue weighted by atomic mass is 79.9. The van der Waals surface area contributed by atoms with Crippen molar-refractivity contribution in [3.63, 3.8) is 0 Å². The van der Waals surface area contributed by atoms with Crippen LogP contribution >= 0.6 is 15.9 Å². The first-order chi connectivity index (χ1) is 12.4. The lowest BCUT2D eigenvalue weighted by Crippen LogP contribution is -2.43. The number of imidazole rings is 1. The molecule has 0 aliphatic carbocycles. The molecular weight excluding hydrogens is 396 g/mol. The number of unbranched alkanes of at least 4 members (excludes halogenated alkanes) is 1. The zero-order valence-corrected chi connectivity index (χ0v) is 17.0. The van der Waals surface area contributed by atoms with Crippen molar-refractivity contribution < 1.29 is 9.90 Å². The van der Waals surface area contributed by atoms with Gasteiger partial charge in [0.05, 0.1) is 12.2 Å². The van der Waals surface area contributed by atoms with Crippen molar-refractivity contribution in [2.45, 2.75) is 45.4 Å². The number of nitrogens with zero attached hydrogens (tertiary/aromatic N) is 4. The van der Waals surface area contributed by atoms with Crippen molar-refractivity contribution in [3.05, 3.63) is 45.8 Å². The molecule has 1 aliphatic rings. The van der Waals surface area contributed by atoms with E-state index in [1.807, 2.05) is 12.1 Å². The number of hydrogen-bond donors (Lipinski definition) is 1. The van der Waals surface area contributed by atoms with Crippen LogP contribution in [-0.2, 0) is 13.1 Å². The summed E-state index contributed by atoms with van der Waals surface area (Å²) >= 11 is 3.51. The van der Waals surface area contributed by atoms with Crippen LogP contribution in [0.15, 0.2) is 28.7 Å². The Morgan fingerprint density at radius 3 is 2.81 bits per heavy atom. The van der Waals surface area contributed by atoms with Crippen LogP contribution in [-0.4, -0.2) is 39.7 Å². The topological polar surface area (TPSA) is 61.6 Å². The summed E-state index contributed by atoms with van der Waals surface area (Å²) in [6.45, 7) is 3.20. The molecule has 2 heterocycles. The number of anilines is 1. The minimum atomic E-state index is -0.637. The Bertz CT molecular complexity index is 805. The van der Waals surface area contributed by atoms with Crippen LogP contribution in [0.5, 0.6) is 0 Å². The van der Waals surface area contributed by atoms with Gasteiger partial charge < -0.3 is 14.6 Å². The second-order valence-corrected chi connectivity index (χ2v) is 7.73. The highest BCUT2D eigenvalue weighted by Crippen LogP contribution is 2.32. The largest absolute Gasteiger partial charge is 0.385 e. The molecule has 0 fully saturated rings. The Hall–Kier alpha value is -1.86. The maximum absolute atomic E-state index is 12.3. The summed E-state index contributed by atoms with van der Waals surface area (Å²) < 4.78 is 3.08. The number of fused-ring (bicyclic) bond motifs is 1. The van der Waals surface area contributed by atoms with Crippen LogP contribution in [0.25, 0.3) is 0 Å². The molecule has 1 atom stereocenters. The first kappa shape index (κ1) is 18.9. The van der Waals surface area contributed by atoms with Crippen LogP contribution in [0.3, 0.4) is 0 Å². The van der Waals surface area contributed by atoms with Gasteiger partial charge in [0.25, 0.3) is 0 Å². The molecule has 1 aromatic carbocycles. The number of hydrogen-bond acceptors (Lipinski definition) is 3. The number of aliphatic hydroxyl groups is 1. The van der Waals surface area contributed by atoms with Crippen LogP contribution in [0.1, 0.15) is 49.4 Å². The molecule has 0 bridgehead atoms. The summed E-state index contributed by atoms with van der Waals surface area (Å²) in [6.07, 6.45) is 1.98. The van der Waals surface area contributed by atoms with E-state index in [1.54, 1.807) is 23.9 Å². The lowest BCUT2D eigenvalue weighted by Gasteiger charge is -2.30. The van der Waals surface area contributed by atoms with E-state index in [-0.39, 0.29) is 6.03 Å². The van der Waals surface area contributed by atoms with Gasteiger partial charge in [0.2, 0.25) is 0 Å². The van der Waals surface area contributed by atoms with E-state index in [2.05, 4.69) is 44.5 Å². The maximum atomic E-state index is 12.3. The van der Waals surface area contributed by atoms with Crippen LogP contribution in [0.2, 0.25) is 0 Å². The van der Waals surface area contributed by atoms with Gasteiger partial charge in [0, 0.05) is 25.1 Å². The van der Waals surface area contributed by atoms with E-state index in [1.165, 1.54) is 0 Å². The van der Waals surface area contributed by atoms with Gasteiger partial charge in [0.15, 0.2) is 5.82 Å². The molecule has 1 unspecified atom stereocenters. The maximum Gasteiger partial charge on any atom is 0.325 e. The molecule has 0 saturated carbocycles. The van der Waals surface area contributed by atoms with Crippen molar-refractivity contribution in [2.75, 3.05) is 19.0 Å². The molecule has 0 saturated heterocycles. The first-order valence-electron chi connectivity index (χ1n) is 8.93. The molecule has 26 heavy (non-hydrogen) atoms. The van der Waals surface area contributed by atoms with E-state index in [0.717, 1.165) is 28.6 Å². The van der Waals surface area contributed by atoms with Gasteiger partial charge in [-0.05, 0) is 24.1 Å². The molecule has 1 aromatic heterocycles. The predicted molar refractivity (Wildman–Crippen MR) is 105 cm³/mol. The third kappa shape index (κ3) is 3.64. The Kier molecular flexibility index (Phi) is 5.67. The average molecular weight is 421 g/mol. The molecule has 2 amide bonds. The summed E-state index contributed by atoms with van der Waals surface area (Å²) in [7, 11) is 3.51. The summed E-state index contributed by atoms with van der Waals surface area (Å²) in [6, 6.07) is 8.03. The van der Waals surface area contributed by atoms with Gasteiger partial charge in [-0.3, -0.25) is 4.90 Å². The van der Waals surface area contributed by atoms with Crippen molar-refractivity contribution in [2.24, 2.45) is 0 Å². The van der Waals surface area contributed by atoms with Crippen molar-refractivity contribution in [1.29, 1.82) is 0 Å². The van der Waals surface area contributed by atoms with Crippen molar-refractivity contribution in [1.82, 2.24) is 14.5 Å². The van der Waals surface area contributed by atoms with Gasteiger partial charge >= 0.3 is 6.03 Å². The first-order valence-corrected chi connectivity index (χ1v) is 9.72. The normalized spacial score (nSPS) is 15.3. The van der Waals surface area contributed by atoms with E-state index in [4.69, 9.17) is 0 Å². The zero-order valence-electron chi connectivity index (χ0n) is 15.4. The predicted octanol–water partition coefficient (Wildman–Crippen LogP) is 3.92. The Labute approximate surface area is 162 Å². The number of urea groups is 1. The number of rotatable bonds is 6. The summed E-state index contributed by atoms with van der Waals surface area (Å²) in [5, 5.41) is 10.7. The molecule has 1 aliphatic heterocycles. The third-order valence-electron chi connectivity index (χ3n) is 4.76. The quantitative estimate of drug-likeness (QED) is 0.769. The third-order valence-corrected chi connectivity index (χ3v) is 5.25. The zero-order chi connectivity index (χ0) is 18.8. The lowest BCUT2D eigenvalue weighted by atomic mass is 10.1. The minimum Gasteiger partial charge on any atom is -0.385 e. The fourth-order valence-corrected chi connectivity index (χ4v) is 3.78. The molecule has 0 spiro atoms. The van der Waals surface area contributed by atoms with E-state index in [9.17, 15) is 9.90 Å². The summed E-state index contributed by atoms with van der Waals surface area (Å²) in [5.41, 5.74) is 2.07. The molecule has 6 nitrogen and oxygen atoms in total. The van der Waals surface area contributed by atoms with Gasteiger partial charge in [-0.2, -0.15) is 0 Å². The molecular formula is C19H25BrN4O2. The number of carbonyl (C=O) groups excluding carboxylic acids is 1. The van der Waals surface area contributed by atoms with E-state index < -0.39 is 6.10 Å². The molecule has 7 heteroatoms. The number of aliphatic hydroxyl groups excluding tert-OH is 1. The van der Waals surface area contributed by atoms with Gasteiger partial charge in [-0.1, -0.05) is 47.8 Å². The number of amides is 2. The standard InChI is InChI=1S/C19H25BrN4O2/c1-4-5-9-16(25)18-21-17-15(12-22(2)19(26)23(17)3)24(18)11-13-7-6-8-14(20)10-13/h6-8,10,16,25H,4-5,9,11-12H2,1-3H3. The fourth-order valence-electron chi connectivity index (χ4n) is 3.33. The van der Waals surface area contributed by atoms with E-state index in [0.29, 0.717) is 31.2 Å². The molecule has 2 aromatic rings. The number of halogens is 1. The van der Waals surface area contributed by atoms with Gasteiger partial charge in [0.1, 0.15) is 11.9 Å². The van der Waals surface area contributed by atoms with Crippen molar-refractivity contribution in [3.8, 4) is 0 Å². The van der Waals surface area contributed by atoms with E-state index >= 15 is 0 Å². The minimum absolute atomic E-state index is 0.0841. The monoisotopic (exact) mass is 420 g/mol. The smallest absolute Gasteiger partial charge is 0.325 e. The second kappa shape index (κ2) is 7.80. The number of benzene rings is 1. The highest BCUT2D eigenvalue weighted by Gasteiger charge is 2.32. The SMILES string of the molecule is CCCCC(O)c1nc2c(n1Cc1cccc(Br)c1)CN(C)C(=O)N2C. The van der Waals surface area contributed by atoms with Crippen LogP contribution in [0.4, 0.5) is 10.6 Å². The van der Waals surface area contributed by atoms with Gasteiger partial charge in [-0.15, -0.1) is 0 Å².